The van der Waals surface area contributed by atoms with Gasteiger partial charge in [-0.3, -0.25) is 40.1 Å². The molecule has 0 aliphatic carbocycles. The maximum Gasteiger partial charge on any atom is 0.324 e. The number of benzene rings is 3. The third kappa shape index (κ3) is 5.85. The van der Waals surface area contributed by atoms with Gasteiger partial charge in [-0.25, -0.2) is 4.39 Å². The second-order valence-corrected chi connectivity index (χ2v) is 7.38. The number of benzodiazepines with no additional fused rings is 1. The van der Waals surface area contributed by atoms with Crippen molar-refractivity contribution in [2.75, 3.05) is 11.9 Å². The molecule has 0 saturated heterocycles. The Hall–Kier alpha value is -5.31. The van der Waals surface area contributed by atoms with Gasteiger partial charge in [0.1, 0.15) is 12.4 Å². The highest BCUT2D eigenvalue weighted by molar-refractivity contribution is 6.19. The van der Waals surface area contributed by atoms with E-state index in [0.29, 0.717) is 41.2 Å². The second kappa shape index (κ2) is 11.0. The van der Waals surface area contributed by atoms with Crippen molar-refractivity contribution in [1.29, 1.82) is 0 Å². The van der Waals surface area contributed by atoms with Crippen LogP contribution in [-0.2, 0) is 11.3 Å². The number of nitro groups is 3. The highest BCUT2D eigenvalue weighted by atomic mass is 19.1. The van der Waals surface area contributed by atoms with Crippen LogP contribution in [0.5, 0.6) is 5.75 Å². The lowest BCUT2D eigenvalue weighted by atomic mass is 9.98. The summed E-state index contributed by atoms with van der Waals surface area (Å²) in [6.07, 6.45) is 0. The monoisotopic (exact) mass is 512 g/mol. The maximum absolute atomic E-state index is 14.1. The van der Waals surface area contributed by atoms with Gasteiger partial charge in [-0.1, -0.05) is 18.2 Å². The summed E-state index contributed by atoms with van der Waals surface area (Å²) in [4.78, 5) is 43.8. The van der Waals surface area contributed by atoms with Gasteiger partial charge >= 0.3 is 11.4 Å². The van der Waals surface area contributed by atoms with Crippen LogP contribution < -0.4 is 11.1 Å². The van der Waals surface area contributed by atoms with Gasteiger partial charge in [-0.15, -0.1) is 0 Å². The third-order valence-corrected chi connectivity index (χ3v) is 5.02. The van der Waals surface area contributed by atoms with E-state index >= 15 is 0 Å². The summed E-state index contributed by atoms with van der Waals surface area (Å²) in [5, 5.41) is 43.0. The molecule has 37 heavy (non-hydrogen) atoms. The lowest BCUT2D eigenvalue weighted by molar-refractivity contribution is -0.404. The van der Waals surface area contributed by atoms with Crippen LogP contribution >= 0.6 is 0 Å². The number of nitrogens with two attached hydrogens (primary N) is 1. The van der Waals surface area contributed by atoms with Crippen molar-refractivity contribution in [2.45, 2.75) is 6.54 Å². The summed E-state index contributed by atoms with van der Waals surface area (Å²) < 4.78 is 14.1. The molecule has 0 saturated carbocycles. The van der Waals surface area contributed by atoms with E-state index in [2.05, 4.69) is 10.3 Å². The summed E-state index contributed by atoms with van der Waals surface area (Å²) in [5.41, 5.74) is 5.72. The van der Waals surface area contributed by atoms with Crippen LogP contribution in [0.1, 0.15) is 16.7 Å². The number of rotatable bonds is 5. The number of anilines is 1. The first kappa shape index (κ1) is 26.3. The number of non-ortho nitro benzene ring substituents is 1. The molecule has 1 aliphatic heterocycles. The molecule has 3 aromatic rings. The fourth-order valence-corrected chi connectivity index (χ4v) is 3.31. The molecule has 15 heteroatoms. The van der Waals surface area contributed by atoms with E-state index in [4.69, 9.17) is 10.8 Å². The van der Waals surface area contributed by atoms with E-state index in [0.717, 1.165) is 5.56 Å². The topological polar surface area (TPSA) is 217 Å². The zero-order valence-electron chi connectivity index (χ0n) is 18.7. The van der Waals surface area contributed by atoms with Crippen LogP contribution in [0.3, 0.4) is 0 Å². The fourth-order valence-electron chi connectivity index (χ4n) is 3.31. The highest BCUT2D eigenvalue weighted by Crippen LogP contribution is 2.39. The molecule has 0 aromatic heterocycles. The molecule has 14 nitrogen and oxygen atoms in total. The Labute approximate surface area is 206 Å². The van der Waals surface area contributed by atoms with Crippen molar-refractivity contribution in [1.82, 2.24) is 0 Å². The summed E-state index contributed by atoms with van der Waals surface area (Å²) in [6.45, 7) is 0.335. The Morgan fingerprint density at radius 2 is 1.57 bits per heavy atom. The Morgan fingerprint density at radius 3 is 2.11 bits per heavy atom. The summed E-state index contributed by atoms with van der Waals surface area (Å²) in [7, 11) is 0. The molecule has 4 N–H and O–H groups in total. The molecule has 190 valence electrons. The van der Waals surface area contributed by atoms with Crippen LogP contribution in [0.25, 0.3) is 0 Å². The number of aliphatic imine (C=N–C) groups is 1. The number of hydrogen-bond donors (Lipinski definition) is 3. The lowest BCUT2D eigenvalue weighted by Crippen LogP contribution is -2.13. The van der Waals surface area contributed by atoms with Crippen molar-refractivity contribution >= 4 is 34.4 Å². The standard InChI is InChI=1S/C16H14FN3O.C6H3N3O7/c17-13-4-2-1-3-11(13)16-12-7-10(8-18)5-6-14(12)20-15(21)9-19-16;10-6-4(8(13)14)1-3(7(11)12)2-5(6)9(15)16/h1-7H,8-9,18H2,(H,20,21);1-2,10H. The first-order valence-corrected chi connectivity index (χ1v) is 10.3. The third-order valence-electron chi connectivity index (χ3n) is 5.02. The number of aromatic hydroxyl groups is 1. The summed E-state index contributed by atoms with van der Waals surface area (Å²) in [5.74, 6) is -1.79. The van der Waals surface area contributed by atoms with E-state index in [1.165, 1.54) is 6.07 Å². The Balaban J connectivity index is 0.000000214. The van der Waals surface area contributed by atoms with Crippen molar-refractivity contribution < 1.29 is 29.1 Å². The first-order valence-electron chi connectivity index (χ1n) is 10.3. The molecule has 0 fully saturated rings. The molecule has 0 bridgehead atoms. The number of hydrogen-bond acceptors (Lipinski definition) is 10. The lowest BCUT2D eigenvalue weighted by Gasteiger charge is -2.12. The SMILES string of the molecule is NCc1ccc2c(c1)C(c1ccccc1F)=NCC(=O)N2.O=[N+]([O-])c1cc([N+](=O)[O-])c(O)c([N+](=O)[O-])c1. The van der Waals surface area contributed by atoms with Crippen LogP contribution in [0.4, 0.5) is 27.1 Å². The van der Waals surface area contributed by atoms with E-state index in [9.17, 15) is 39.5 Å². The number of carbonyl (C=O) groups is 1. The number of halogens is 1. The van der Waals surface area contributed by atoms with Gasteiger partial charge in [-0.2, -0.15) is 0 Å². The molecule has 1 amide bonds. The van der Waals surface area contributed by atoms with Crippen molar-refractivity contribution in [3.8, 4) is 5.75 Å². The number of fused-ring (bicyclic) bond motifs is 1. The number of nitrogens with one attached hydrogen (secondary N) is 1. The predicted octanol–water partition coefficient (Wildman–Crippen LogP) is 3.19. The van der Waals surface area contributed by atoms with E-state index in [1.54, 1.807) is 24.3 Å². The highest BCUT2D eigenvalue weighted by Gasteiger charge is 2.30. The molecule has 1 aliphatic rings. The van der Waals surface area contributed by atoms with Crippen molar-refractivity contribution in [3.63, 3.8) is 0 Å². The number of amides is 1. The minimum atomic E-state index is -1.21. The molecule has 4 rings (SSSR count). The van der Waals surface area contributed by atoms with Crippen molar-refractivity contribution in [2.24, 2.45) is 10.7 Å². The molecular formula is C22H17FN6O8. The van der Waals surface area contributed by atoms with Crippen LogP contribution in [-0.4, -0.2) is 38.0 Å². The molecule has 3 aromatic carbocycles. The van der Waals surface area contributed by atoms with E-state index < -0.39 is 37.6 Å². The molecule has 0 radical (unpaired) electrons. The van der Waals surface area contributed by atoms with E-state index in [-0.39, 0.29) is 18.3 Å². The Morgan fingerprint density at radius 1 is 0.946 bits per heavy atom. The second-order valence-electron chi connectivity index (χ2n) is 7.38. The largest absolute Gasteiger partial charge is 0.497 e. The number of nitro benzene ring substituents is 3. The van der Waals surface area contributed by atoms with Crippen molar-refractivity contribution in [3.05, 3.63) is 107 Å². The maximum atomic E-state index is 14.1. The molecule has 1 heterocycles. The average Bonchev–Trinajstić information content (AvgIpc) is 3.02. The fraction of sp³-hybridized carbons (Fsp3) is 0.0909. The van der Waals surface area contributed by atoms with Crippen LogP contribution in [0, 0.1) is 36.2 Å². The zero-order chi connectivity index (χ0) is 27.3. The quantitative estimate of drug-likeness (QED) is 0.337. The summed E-state index contributed by atoms with van der Waals surface area (Å²) in [6, 6.07) is 12.7. The van der Waals surface area contributed by atoms with Gasteiger partial charge in [0.05, 0.1) is 38.3 Å². The minimum absolute atomic E-state index is 0.0314. The van der Waals surface area contributed by atoms with Gasteiger partial charge < -0.3 is 16.2 Å². The molecular weight excluding hydrogens is 495 g/mol. The summed E-state index contributed by atoms with van der Waals surface area (Å²) >= 11 is 0. The number of phenols is 1. The number of phenolic OH excluding ortho intramolecular Hbond substituents is 1. The number of carbonyl (C=O) groups excluding carboxylic acids is 1. The van der Waals surface area contributed by atoms with Gasteiger partial charge in [-0.05, 0) is 29.8 Å². The molecule has 0 unspecified atom stereocenters. The zero-order valence-corrected chi connectivity index (χ0v) is 18.7. The van der Waals surface area contributed by atoms with Gasteiger partial charge in [0, 0.05) is 17.7 Å². The van der Waals surface area contributed by atoms with Crippen LogP contribution in [0.15, 0.2) is 59.6 Å². The normalized spacial score (nSPS) is 12.2. The van der Waals surface area contributed by atoms with Crippen LogP contribution in [0.2, 0.25) is 0 Å². The predicted molar refractivity (Wildman–Crippen MR) is 128 cm³/mol. The molecule has 0 atom stereocenters. The average molecular weight is 512 g/mol. The first-order chi connectivity index (χ1) is 17.5. The van der Waals surface area contributed by atoms with Gasteiger partial charge in [0.25, 0.3) is 11.4 Å². The Kier molecular flexibility index (Phi) is 7.79. The molecule has 0 spiro atoms. The minimum Gasteiger partial charge on any atom is -0.497 e. The van der Waals surface area contributed by atoms with Gasteiger partial charge in [0.2, 0.25) is 5.91 Å². The number of nitrogens with zero attached hydrogens (tertiary/aromatic N) is 4. The Bertz CT molecular complexity index is 1420. The smallest absolute Gasteiger partial charge is 0.324 e. The van der Waals surface area contributed by atoms with E-state index in [1.807, 2.05) is 12.1 Å². The van der Waals surface area contributed by atoms with Gasteiger partial charge in [0.15, 0.2) is 0 Å².